The highest BCUT2D eigenvalue weighted by atomic mass is 79.9. The Labute approximate surface area is 57.4 Å². The van der Waals surface area contributed by atoms with E-state index in [9.17, 15) is 0 Å². The molecule has 0 amide bonds. The van der Waals surface area contributed by atoms with E-state index < -0.39 is 0 Å². The summed E-state index contributed by atoms with van der Waals surface area (Å²) in [5.41, 5.74) is 0.307. The fourth-order valence-electron chi connectivity index (χ4n) is 0.404. The maximum atomic E-state index is 5.71. The molecule has 41 valence electrons. The summed E-state index contributed by atoms with van der Waals surface area (Å²) in [5.74, 6) is 0. The first kappa shape index (κ1) is 5.90. The van der Waals surface area contributed by atoms with Crippen molar-refractivity contribution in [3.05, 3.63) is 6.42 Å². The van der Waals surface area contributed by atoms with Crippen LogP contribution in [-0.2, 0) is 0 Å². The first-order valence-corrected chi connectivity index (χ1v) is 3.81. The summed E-state index contributed by atoms with van der Waals surface area (Å²) in [5, 5.41) is 1.31. The van der Waals surface area contributed by atoms with Crippen molar-refractivity contribution >= 4 is 27.5 Å². The van der Waals surface area contributed by atoms with Gasteiger partial charge in [0.1, 0.15) is 0 Å². The van der Waals surface area contributed by atoms with Gasteiger partial charge in [-0.15, -0.1) is 11.6 Å². The highest BCUT2D eigenvalue weighted by molar-refractivity contribution is 9.09. The van der Waals surface area contributed by atoms with Gasteiger partial charge in [0.15, 0.2) is 0 Å². The summed E-state index contributed by atoms with van der Waals surface area (Å²) in [4.78, 5) is 0. The molecule has 1 aliphatic rings. The van der Waals surface area contributed by atoms with Gasteiger partial charge < -0.3 is 0 Å². The summed E-state index contributed by atoms with van der Waals surface area (Å²) in [6, 6.07) is 0. The molecule has 7 heavy (non-hydrogen) atoms. The predicted molar refractivity (Wildman–Crippen MR) is 35.8 cm³/mol. The Morgan fingerprint density at radius 1 is 2.00 bits per heavy atom. The van der Waals surface area contributed by atoms with E-state index >= 15 is 0 Å². The third-order valence-corrected chi connectivity index (χ3v) is 3.17. The van der Waals surface area contributed by atoms with Crippen LogP contribution in [0.15, 0.2) is 0 Å². The molecule has 0 N–H and O–H groups in total. The molecule has 2 atom stereocenters. The highest BCUT2D eigenvalue weighted by Gasteiger charge is 2.48. The van der Waals surface area contributed by atoms with Crippen LogP contribution in [0.25, 0.3) is 0 Å². The summed E-state index contributed by atoms with van der Waals surface area (Å²) in [6.45, 7) is 2.14. The average Bonchev–Trinajstić information content (AvgIpc) is 2.18. The minimum atomic E-state index is 0.307. The monoisotopic (exact) mass is 181 g/mol. The van der Waals surface area contributed by atoms with Gasteiger partial charge in [0.25, 0.3) is 0 Å². The Kier molecular flexibility index (Phi) is 1.37. The summed E-state index contributed by atoms with van der Waals surface area (Å²) < 4.78 is 0. The van der Waals surface area contributed by atoms with Crippen molar-refractivity contribution in [3.8, 4) is 0 Å². The fraction of sp³-hybridized carbons (Fsp3) is 0.800. The number of hydrogen-bond donors (Lipinski definition) is 0. The van der Waals surface area contributed by atoms with Crippen LogP contribution in [0.3, 0.4) is 0 Å². The van der Waals surface area contributed by atoms with Gasteiger partial charge >= 0.3 is 0 Å². The van der Waals surface area contributed by atoms with Gasteiger partial charge in [0.2, 0.25) is 0 Å². The molecule has 0 aliphatic heterocycles. The second kappa shape index (κ2) is 1.63. The number of alkyl halides is 2. The Hall–Kier alpha value is 0.770. The first-order chi connectivity index (χ1) is 3.19. The molecule has 2 heteroatoms. The van der Waals surface area contributed by atoms with E-state index in [1.165, 1.54) is 0 Å². The van der Waals surface area contributed by atoms with E-state index in [0.717, 1.165) is 5.33 Å². The molecule has 0 aromatic heterocycles. The minimum absolute atomic E-state index is 0.307. The molecule has 0 aromatic carbocycles. The smallest absolute Gasteiger partial charge is 0.0438 e. The van der Waals surface area contributed by atoms with Crippen molar-refractivity contribution < 1.29 is 0 Å². The zero-order valence-electron chi connectivity index (χ0n) is 4.12. The molecule has 0 heterocycles. The molecule has 0 spiro atoms. The van der Waals surface area contributed by atoms with Crippen molar-refractivity contribution in [3.63, 3.8) is 0 Å². The van der Waals surface area contributed by atoms with Crippen molar-refractivity contribution in [2.45, 2.75) is 12.3 Å². The van der Waals surface area contributed by atoms with Crippen LogP contribution in [-0.4, -0.2) is 10.7 Å². The van der Waals surface area contributed by atoms with Crippen LogP contribution in [0.1, 0.15) is 6.92 Å². The number of rotatable bonds is 1. The standard InChI is InChI=1S/C5H7BrCl/c1-5(3-6)2-4(5)7/h2,4H,3H2,1H3. The van der Waals surface area contributed by atoms with Crippen LogP contribution >= 0.6 is 27.5 Å². The van der Waals surface area contributed by atoms with Crippen molar-refractivity contribution in [1.29, 1.82) is 0 Å². The zero-order valence-corrected chi connectivity index (χ0v) is 6.46. The van der Waals surface area contributed by atoms with Gasteiger partial charge in [-0.25, -0.2) is 0 Å². The molecule has 1 aliphatic carbocycles. The normalized spacial score (nSPS) is 49.3. The van der Waals surface area contributed by atoms with Gasteiger partial charge in [0.05, 0.1) is 0 Å². The molecule has 1 rings (SSSR count). The Morgan fingerprint density at radius 3 is 2.43 bits per heavy atom. The van der Waals surface area contributed by atoms with Gasteiger partial charge in [-0.2, -0.15) is 0 Å². The van der Waals surface area contributed by atoms with Crippen molar-refractivity contribution in [2.24, 2.45) is 5.41 Å². The molecule has 0 bridgehead atoms. The second-order valence-corrected chi connectivity index (χ2v) is 3.24. The van der Waals surface area contributed by atoms with Crippen molar-refractivity contribution in [1.82, 2.24) is 0 Å². The van der Waals surface area contributed by atoms with Crippen LogP contribution in [0.5, 0.6) is 0 Å². The molecule has 1 saturated carbocycles. The Bertz CT molecular complexity index is 80.1. The summed E-state index contributed by atoms with van der Waals surface area (Å²) in [7, 11) is 0. The number of halogens is 2. The molecule has 1 radical (unpaired) electrons. The second-order valence-electron chi connectivity index (χ2n) is 2.21. The molecule has 2 unspecified atom stereocenters. The lowest BCUT2D eigenvalue weighted by Crippen LogP contribution is -1.96. The van der Waals surface area contributed by atoms with Crippen LogP contribution in [0.4, 0.5) is 0 Å². The lowest BCUT2D eigenvalue weighted by molar-refractivity contribution is 0.708. The molecular formula is C5H7BrCl. The lowest BCUT2D eigenvalue weighted by atomic mass is 10.2. The number of hydrogen-bond acceptors (Lipinski definition) is 0. The molecule has 0 aromatic rings. The minimum Gasteiger partial charge on any atom is -0.122 e. The molecular weight excluding hydrogens is 175 g/mol. The van der Waals surface area contributed by atoms with E-state index in [1.807, 2.05) is 0 Å². The molecule has 1 fully saturated rings. The highest BCUT2D eigenvalue weighted by Crippen LogP contribution is 2.49. The van der Waals surface area contributed by atoms with Crippen LogP contribution < -0.4 is 0 Å². The average molecular weight is 182 g/mol. The SMILES string of the molecule is CC1(CBr)[CH]C1Cl. The van der Waals surface area contributed by atoms with Crippen molar-refractivity contribution in [2.75, 3.05) is 5.33 Å². The summed E-state index contributed by atoms with van der Waals surface area (Å²) in [6.07, 6.45) is 2.13. The first-order valence-electron chi connectivity index (χ1n) is 2.25. The van der Waals surface area contributed by atoms with E-state index in [4.69, 9.17) is 11.6 Å². The van der Waals surface area contributed by atoms with Gasteiger partial charge in [-0.1, -0.05) is 22.9 Å². The molecule has 0 saturated heterocycles. The van der Waals surface area contributed by atoms with Crippen LogP contribution in [0, 0.1) is 11.8 Å². The Balaban J connectivity index is 2.36. The quantitative estimate of drug-likeness (QED) is 0.546. The lowest BCUT2D eigenvalue weighted by Gasteiger charge is -1.97. The van der Waals surface area contributed by atoms with Gasteiger partial charge in [-0.05, 0) is 11.8 Å². The molecule has 0 nitrogen and oxygen atoms in total. The third-order valence-electron chi connectivity index (χ3n) is 1.34. The topological polar surface area (TPSA) is 0 Å². The van der Waals surface area contributed by atoms with E-state index in [1.54, 1.807) is 0 Å². The summed E-state index contributed by atoms with van der Waals surface area (Å²) >= 11 is 9.06. The van der Waals surface area contributed by atoms with E-state index in [2.05, 4.69) is 29.3 Å². The van der Waals surface area contributed by atoms with Gasteiger partial charge in [-0.3, -0.25) is 0 Å². The maximum Gasteiger partial charge on any atom is 0.0438 e. The van der Waals surface area contributed by atoms with Gasteiger partial charge in [0, 0.05) is 10.7 Å². The fourth-order valence-corrected chi connectivity index (χ4v) is 1.49. The van der Waals surface area contributed by atoms with E-state index in [0.29, 0.717) is 10.8 Å². The van der Waals surface area contributed by atoms with Crippen LogP contribution in [0.2, 0.25) is 0 Å². The predicted octanol–water partition coefficient (Wildman–Crippen LogP) is 2.21. The van der Waals surface area contributed by atoms with E-state index in [-0.39, 0.29) is 0 Å². The zero-order chi connectivity index (χ0) is 5.49. The Morgan fingerprint density at radius 2 is 2.43 bits per heavy atom. The largest absolute Gasteiger partial charge is 0.122 e. The third kappa shape index (κ3) is 0.945. The maximum absolute atomic E-state index is 5.71.